The van der Waals surface area contributed by atoms with Crippen LogP contribution < -0.4 is 4.90 Å². The van der Waals surface area contributed by atoms with Crippen molar-refractivity contribution in [2.24, 2.45) is 0 Å². The second-order valence-corrected chi connectivity index (χ2v) is 21.4. The van der Waals surface area contributed by atoms with Crippen molar-refractivity contribution in [3.8, 4) is 44.5 Å². The SMILES string of the molecule is c1ccc(C2(c3ccccc3)c3ccccc3-c3cc(N(c4ccc(-c5cccc(-c6ccc7sc8ccccc8c7c6)c5)cc4)c4ccc5c(c4)C(c4ccccc4)(c4ccccc4)c4ccccc4-5)ccc32)cc1. The van der Waals surface area contributed by atoms with Crippen molar-refractivity contribution in [3.05, 3.63) is 342 Å². The Hall–Kier alpha value is -9.34. The van der Waals surface area contributed by atoms with Gasteiger partial charge >= 0.3 is 0 Å². The summed E-state index contributed by atoms with van der Waals surface area (Å²) in [6, 6.07) is 111. The van der Waals surface area contributed by atoms with E-state index in [9.17, 15) is 0 Å². The van der Waals surface area contributed by atoms with E-state index < -0.39 is 10.8 Å². The number of fused-ring (bicyclic) bond motifs is 9. The molecule has 2 aliphatic rings. The lowest BCUT2D eigenvalue weighted by atomic mass is 9.67. The molecule has 0 atom stereocenters. The second-order valence-electron chi connectivity index (χ2n) is 20.3. The van der Waals surface area contributed by atoms with Gasteiger partial charge in [0.05, 0.1) is 10.8 Å². The van der Waals surface area contributed by atoms with E-state index >= 15 is 0 Å². The third-order valence-corrected chi connectivity index (χ3v) is 17.6. The molecule has 2 aliphatic carbocycles. The first-order valence-corrected chi connectivity index (χ1v) is 27.1. The quantitative estimate of drug-likeness (QED) is 0.139. The van der Waals surface area contributed by atoms with Crippen LogP contribution in [-0.4, -0.2) is 0 Å². The molecule has 356 valence electrons. The van der Waals surface area contributed by atoms with Crippen LogP contribution in [0, 0.1) is 0 Å². The average Bonchev–Trinajstić information content (AvgIpc) is 4.34. The minimum Gasteiger partial charge on any atom is -0.310 e. The Morgan fingerprint density at radius 2 is 0.671 bits per heavy atom. The molecule has 76 heavy (non-hydrogen) atoms. The van der Waals surface area contributed by atoms with Gasteiger partial charge in [0.1, 0.15) is 0 Å². The van der Waals surface area contributed by atoms with Crippen molar-refractivity contribution in [2.75, 3.05) is 4.90 Å². The monoisotopic (exact) mass is 983 g/mol. The molecule has 1 heterocycles. The third kappa shape index (κ3) is 6.64. The molecule has 0 aliphatic heterocycles. The molecule has 0 saturated heterocycles. The van der Waals surface area contributed by atoms with E-state index in [1.807, 2.05) is 11.3 Å². The zero-order valence-electron chi connectivity index (χ0n) is 41.6. The van der Waals surface area contributed by atoms with Crippen molar-refractivity contribution in [1.29, 1.82) is 0 Å². The molecule has 1 aromatic heterocycles. The van der Waals surface area contributed by atoms with E-state index in [1.165, 1.54) is 109 Å². The molecular formula is C74H49NS. The summed E-state index contributed by atoms with van der Waals surface area (Å²) in [5.74, 6) is 0. The second kappa shape index (κ2) is 17.7. The van der Waals surface area contributed by atoms with Crippen LogP contribution >= 0.6 is 11.3 Å². The summed E-state index contributed by atoms with van der Waals surface area (Å²) in [4.78, 5) is 2.48. The molecule has 2 heteroatoms. The maximum Gasteiger partial charge on any atom is 0.0714 e. The molecule has 0 radical (unpaired) electrons. The molecular weight excluding hydrogens is 935 g/mol. The Morgan fingerprint density at radius 1 is 0.237 bits per heavy atom. The van der Waals surface area contributed by atoms with Gasteiger partial charge in [0, 0.05) is 37.2 Å². The number of hydrogen-bond donors (Lipinski definition) is 0. The Morgan fingerprint density at radius 3 is 1.30 bits per heavy atom. The van der Waals surface area contributed by atoms with Gasteiger partial charge in [0.2, 0.25) is 0 Å². The largest absolute Gasteiger partial charge is 0.310 e. The minimum atomic E-state index is -0.548. The Labute approximate surface area is 447 Å². The number of benzene rings is 12. The summed E-state index contributed by atoms with van der Waals surface area (Å²) in [5, 5.41) is 2.63. The van der Waals surface area contributed by atoms with Crippen molar-refractivity contribution < 1.29 is 0 Å². The topological polar surface area (TPSA) is 3.24 Å². The number of nitrogens with zero attached hydrogens (tertiary/aromatic N) is 1. The van der Waals surface area contributed by atoms with E-state index in [0.717, 1.165) is 17.1 Å². The lowest BCUT2D eigenvalue weighted by molar-refractivity contribution is 0.768. The molecule has 0 N–H and O–H groups in total. The minimum absolute atomic E-state index is 0.498. The first-order valence-electron chi connectivity index (χ1n) is 26.3. The van der Waals surface area contributed by atoms with Gasteiger partial charge in [-0.15, -0.1) is 11.3 Å². The lowest BCUT2D eigenvalue weighted by Gasteiger charge is -2.35. The normalized spacial score (nSPS) is 13.5. The summed E-state index contributed by atoms with van der Waals surface area (Å²) >= 11 is 1.86. The average molecular weight is 984 g/mol. The molecule has 0 unspecified atom stereocenters. The van der Waals surface area contributed by atoms with Gasteiger partial charge < -0.3 is 4.90 Å². The maximum atomic E-state index is 2.49. The van der Waals surface area contributed by atoms with Crippen LogP contribution in [0.25, 0.3) is 64.7 Å². The molecule has 0 spiro atoms. The zero-order valence-corrected chi connectivity index (χ0v) is 42.5. The fourth-order valence-electron chi connectivity index (χ4n) is 13.2. The van der Waals surface area contributed by atoms with Crippen LogP contribution in [0.3, 0.4) is 0 Å². The third-order valence-electron chi connectivity index (χ3n) is 16.4. The summed E-state index contributed by atoms with van der Waals surface area (Å²) < 4.78 is 2.64. The molecule has 0 amide bonds. The fourth-order valence-corrected chi connectivity index (χ4v) is 14.3. The predicted octanol–water partition coefficient (Wildman–Crippen LogP) is 19.6. The summed E-state index contributed by atoms with van der Waals surface area (Å²) in [7, 11) is 0. The molecule has 0 fully saturated rings. The number of anilines is 3. The van der Waals surface area contributed by atoms with Crippen LogP contribution in [0.5, 0.6) is 0 Å². The highest BCUT2D eigenvalue weighted by Gasteiger charge is 2.48. The highest BCUT2D eigenvalue weighted by atomic mass is 32.1. The standard InChI is InChI=1S/C74H49NS/c1-5-22-54(23-6-1)73(55-24-7-2-8-25-55)68-34-17-14-31-62(68)65-48-59(42-44-69(65)73)75(58-39-36-50(37-40-58)51-20-19-21-52(46-51)53-38-45-72-66(47-53)64-32-15-18-35-71(64)76-72)60-41-43-63-61-30-13-16-33-67(61)74(70(63)49-60,56-26-9-3-10-27-56)57-28-11-4-12-29-57/h1-49H. The first kappa shape index (κ1) is 44.2. The molecule has 0 bridgehead atoms. The lowest BCUT2D eigenvalue weighted by Crippen LogP contribution is -2.28. The van der Waals surface area contributed by atoms with Crippen LogP contribution in [0.15, 0.2) is 297 Å². The van der Waals surface area contributed by atoms with Crippen molar-refractivity contribution in [1.82, 2.24) is 0 Å². The van der Waals surface area contributed by atoms with Crippen LogP contribution in [0.1, 0.15) is 44.5 Å². The van der Waals surface area contributed by atoms with Crippen molar-refractivity contribution in [2.45, 2.75) is 10.8 Å². The van der Waals surface area contributed by atoms with Gasteiger partial charge in [-0.1, -0.05) is 237 Å². The van der Waals surface area contributed by atoms with Crippen LogP contribution in [0.2, 0.25) is 0 Å². The molecule has 1 nitrogen and oxygen atoms in total. The van der Waals surface area contributed by atoms with E-state index in [2.05, 4.69) is 302 Å². The van der Waals surface area contributed by atoms with Crippen molar-refractivity contribution >= 4 is 48.6 Å². The molecule has 0 saturated carbocycles. The zero-order chi connectivity index (χ0) is 50.2. The van der Waals surface area contributed by atoms with Crippen LogP contribution in [0.4, 0.5) is 17.1 Å². The molecule has 12 aromatic carbocycles. The Kier molecular flexibility index (Phi) is 10.3. The van der Waals surface area contributed by atoms with Gasteiger partial charge in [-0.25, -0.2) is 0 Å². The maximum absolute atomic E-state index is 2.49. The van der Waals surface area contributed by atoms with E-state index in [4.69, 9.17) is 0 Å². The Bertz CT molecular complexity index is 4250. The molecule has 15 rings (SSSR count). The van der Waals surface area contributed by atoms with Crippen molar-refractivity contribution in [3.63, 3.8) is 0 Å². The first-order chi connectivity index (χ1) is 37.7. The fraction of sp³-hybridized carbons (Fsp3) is 0.0270. The van der Waals surface area contributed by atoms with Gasteiger partial charge in [-0.05, 0) is 150 Å². The predicted molar refractivity (Wildman–Crippen MR) is 319 cm³/mol. The highest BCUT2D eigenvalue weighted by molar-refractivity contribution is 7.25. The number of rotatable bonds is 9. The van der Waals surface area contributed by atoms with E-state index in [-0.39, 0.29) is 0 Å². The number of thiophene rings is 1. The number of hydrogen-bond acceptors (Lipinski definition) is 2. The molecule has 13 aromatic rings. The highest BCUT2D eigenvalue weighted by Crippen LogP contribution is 2.59. The van der Waals surface area contributed by atoms with Crippen LogP contribution in [-0.2, 0) is 10.8 Å². The van der Waals surface area contributed by atoms with Gasteiger partial charge in [-0.2, -0.15) is 0 Å². The van der Waals surface area contributed by atoms with E-state index in [1.54, 1.807) is 0 Å². The Balaban J connectivity index is 0.920. The van der Waals surface area contributed by atoms with Gasteiger partial charge in [-0.3, -0.25) is 0 Å². The smallest absolute Gasteiger partial charge is 0.0714 e. The summed E-state index contributed by atoms with van der Waals surface area (Å²) in [6.07, 6.45) is 0. The van der Waals surface area contributed by atoms with Gasteiger partial charge in [0.25, 0.3) is 0 Å². The summed E-state index contributed by atoms with van der Waals surface area (Å²) in [5.41, 5.74) is 22.2. The van der Waals surface area contributed by atoms with Gasteiger partial charge in [0.15, 0.2) is 0 Å². The summed E-state index contributed by atoms with van der Waals surface area (Å²) in [6.45, 7) is 0. The van der Waals surface area contributed by atoms with E-state index in [0.29, 0.717) is 0 Å².